The van der Waals surface area contributed by atoms with Crippen LogP contribution in [0.5, 0.6) is 0 Å². The molecular weight excluding hydrogens is 374 g/mol. The zero-order valence-electron chi connectivity index (χ0n) is 16.3. The lowest BCUT2D eigenvalue weighted by molar-refractivity contribution is -0.132. The minimum atomic E-state index is -0.707. The van der Waals surface area contributed by atoms with Gasteiger partial charge in [0.15, 0.2) is 0 Å². The third-order valence-electron chi connectivity index (χ3n) is 5.02. The number of likely N-dealkylation sites (tertiary alicyclic amines) is 1. The monoisotopic (exact) mass is 398 g/mol. The summed E-state index contributed by atoms with van der Waals surface area (Å²) in [4.78, 5) is 26.7. The largest absolute Gasteiger partial charge is 0.348 e. The maximum absolute atomic E-state index is 13.9. The number of rotatable bonds is 5. The molecular formula is C23H24F2N2O2. The van der Waals surface area contributed by atoms with Crippen molar-refractivity contribution >= 4 is 17.4 Å². The first-order valence-electron chi connectivity index (χ1n) is 9.68. The summed E-state index contributed by atoms with van der Waals surface area (Å²) in [6.45, 7) is 2.73. The number of benzene rings is 2. The van der Waals surface area contributed by atoms with Gasteiger partial charge in [-0.05, 0) is 43.0 Å². The van der Waals surface area contributed by atoms with Crippen molar-refractivity contribution in [2.75, 3.05) is 13.1 Å². The van der Waals surface area contributed by atoms with E-state index in [1.807, 2.05) is 30.3 Å². The number of piperidine rings is 1. The molecule has 0 radical (unpaired) electrons. The van der Waals surface area contributed by atoms with Gasteiger partial charge in [0.1, 0.15) is 11.6 Å². The van der Waals surface area contributed by atoms with Crippen LogP contribution >= 0.6 is 0 Å². The molecule has 2 aromatic rings. The van der Waals surface area contributed by atoms with Gasteiger partial charge in [0.05, 0.1) is 6.42 Å². The third kappa shape index (κ3) is 5.73. The Hall–Kier alpha value is -3.02. The Balaban J connectivity index is 1.58. The Morgan fingerprint density at radius 1 is 1.17 bits per heavy atom. The smallest absolute Gasteiger partial charge is 0.244 e. The molecule has 0 aliphatic carbocycles. The highest BCUT2D eigenvalue weighted by Crippen LogP contribution is 2.19. The molecule has 1 atom stereocenters. The summed E-state index contributed by atoms with van der Waals surface area (Å²) in [5, 5.41) is 2.89. The lowest BCUT2D eigenvalue weighted by atomic mass is 10.0. The molecule has 2 aromatic carbocycles. The molecule has 1 fully saturated rings. The molecule has 4 nitrogen and oxygen atoms in total. The lowest BCUT2D eigenvalue weighted by Gasteiger charge is -2.33. The van der Waals surface area contributed by atoms with Crippen molar-refractivity contribution in [3.63, 3.8) is 0 Å². The summed E-state index contributed by atoms with van der Waals surface area (Å²) in [6, 6.07) is 12.7. The second-order valence-corrected chi connectivity index (χ2v) is 7.30. The van der Waals surface area contributed by atoms with Gasteiger partial charge in [0.2, 0.25) is 11.8 Å². The van der Waals surface area contributed by atoms with Crippen molar-refractivity contribution in [3.05, 3.63) is 77.4 Å². The number of allylic oxidation sites excluding steroid dienone is 1. The van der Waals surface area contributed by atoms with Crippen LogP contribution in [0.4, 0.5) is 8.78 Å². The maximum Gasteiger partial charge on any atom is 0.244 e. The van der Waals surface area contributed by atoms with Crippen molar-refractivity contribution in [2.24, 2.45) is 0 Å². The second kappa shape index (κ2) is 9.45. The van der Waals surface area contributed by atoms with E-state index in [0.717, 1.165) is 30.5 Å². The number of nitrogens with zero attached hydrogens (tertiary/aromatic N) is 1. The predicted molar refractivity (Wildman–Crippen MR) is 108 cm³/mol. The molecule has 1 aliphatic rings. The molecule has 0 aromatic heterocycles. The van der Waals surface area contributed by atoms with Crippen LogP contribution in [0.15, 0.2) is 54.6 Å². The average Bonchev–Trinajstić information content (AvgIpc) is 2.68. The fourth-order valence-corrected chi connectivity index (χ4v) is 3.53. The topological polar surface area (TPSA) is 49.4 Å². The lowest BCUT2D eigenvalue weighted by Crippen LogP contribution is -2.49. The summed E-state index contributed by atoms with van der Waals surface area (Å²) in [6.07, 6.45) is 3.23. The molecule has 1 heterocycles. The van der Waals surface area contributed by atoms with E-state index in [9.17, 15) is 18.4 Å². The molecule has 152 valence electrons. The van der Waals surface area contributed by atoms with Crippen molar-refractivity contribution in [1.29, 1.82) is 0 Å². The highest BCUT2D eigenvalue weighted by atomic mass is 19.1. The van der Waals surface area contributed by atoms with Gasteiger partial charge in [-0.1, -0.05) is 30.3 Å². The normalized spacial score (nSPS) is 17.1. The van der Waals surface area contributed by atoms with Crippen molar-refractivity contribution in [1.82, 2.24) is 10.2 Å². The fourth-order valence-electron chi connectivity index (χ4n) is 3.53. The second-order valence-electron chi connectivity index (χ2n) is 7.30. The molecule has 2 amide bonds. The van der Waals surface area contributed by atoms with E-state index in [1.54, 1.807) is 11.8 Å². The summed E-state index contributed by atoms with van der Waals surface area (Å²) in [5.41, 5.74) is 1.56. The minimum absolute atomic E-state index is 0.0373. The van der Waals surface area contributed by atoms with E-state index in [0.29, 0.717) is 25.1 Å². The van der Waals surface area contributed by atoms with Crippen LogP contribution < -0.4 is 5.32 Å². The van der Waals surface area contributed by atoms with Crippen LogP contribution in [0.1, 0.15) is 30.9 Å². The van der Waals surface area contributed by atoms with E-state index >= 15 is 0 Å². The van der Waals surface area contributed by atoms with E-state index < -0.39 is 11.6 Å². The van der Waals surface area contributed by atoms with E-state index in [-0.39, 0.29) is 23.4 Å². The van der Waals surface area contributed by atoms with Gasteiger partial charge in [-0.25, -0.2) is 8.78 Å². The first-order valence-corrected chi connectivity index (χ1v) is 9.68. The molecule has 3 rings (SSSR count). The van der Waals surface area contributed by atoms with Gasteiger partial charge in [0, 0.05) is 36.8 Å². The summed E-state index contributed by atoms with van der Waals surface area (Å²) in [5.74, 6) is -1.68. The van der Waals surface area contributed by atoms with Crippen LogP contribution in [0.2, 0.25) is 0 Å². The average molecular weight is 398 g/mol. The zero-order valence-corrected chi connectivity index (χ0v) is 16.3. The number of hydrogen-bond acceptors (Lipinski definition) is 2. The van der Waals surface area contributed by atoms with Gasteiger partial charge in [-0.2, -0.15) is 0 Å². The summed E-state index contributed by atoms with van der Waals surface area (Å²) < 4.78 is 26.9. The predicted octanol–water partition coefficient (Wildman–Crippen LogP) is 3.72. The molecule has 29 heavy (non-hydrogen) atoms. The Morgan fingerprint density at radius 3 is 2.66 bits per heavy atom. The Kier molecular flexibility index (Phi) is 6.75. The Bertz CT molecular complexity index is 912. The van der Waals surface area contributed by atoms with E-state index in [1.165, 1.54) is 12.1 Å². The van der Waals surface area contributed by atoms with Crippen LogP contribution in [-0.4, -0.2) is 35.8 Å². The van der Waals surface area contributed by atoms with Crippen molar-refractivity contribution < 1.29 is 18.4 Å². The molecule has 1 N–H and O–H groups in total. The van der Waals surface area contributed by atoms with Crippen molar-refractivity contribution in [3.8, 4) is 0 Å². The molecule has 0 bridgehead atoms. The summed E-state index contributed by atoms with van der Waals surface area (Å²) >= 11 is 0. The fraction of sp³-hybridized carbons (Fsp3) is 0.304. The van der Waals surface area contributed by atoms with Gasteiger partial charge in [-0.3, -0.25) is 9.59 Å². The zero-order chi connectivity index (χ0) is 20.8. The molecule has 1 unspecified atom stereocenters. The van der Waals surface area contributed by atoms with Crippen LogP contribution in [0, 0.1) is 11.6 Å². The van der Waals surface area contributed by atoms with Crippen LogP contribution in [0.25, 0.3) is 5.57 Å². The van der Waals surface area contributed by atoms with Gasteiger partial charge < -0.3 is 10.2 Å². The van der Waals surface area contributed by atoms with Gasteiger partial charge in [-0.15, -0.1) is 0 Å². The highest BCUT2D eigenvalue weighted by Gasteiger charge is 2.24. The molecule has 0 spiro atoms. The van der Waals surface area contributed by atoms with Gasteiger partial charge >= 0.3 is 0 Å². The van der Waals surface area contributed by atoms with Crippen LogP contribution in [-0.2, 0) is 16.0 Å². The first-order chi connectivity index (χ1) is 13.9. The molecule has 1 saturated heterocycles. The highest BCUT2D eigenvalue weighted by molar-refractivity contribution is 5.95. The number of nitrogens with one attached hydrogen (secondary N) is 1. The number of carbonyl (C=O) groups excluding carboxylic acids is 2. The van der Waals surface area contributed by atoms with E-state index in [4.69, 9.17) is 0 Å². The van der Waals surface area contributed by atoms with Crippen molar-refractivity contribution in [2.45, 2.75) is 32.2 Å². The SMILES string of the molecule is CC(=CC(=O)NC1CCCN(C(=O)Cc2ccccc2)C1)c1ccc(F)cc1F. The standard InChI is InChI=1S/C23H24F2N2O2/c1-16(20-10-9-18(24)14-21(20)25)12-22(28)26-19-8-5-11-27(15-19)23(29)13-17-6-3-2-4-7-17/h2-4,6-7,9-10,12,14,19H,5,8,11,13,15H2,1H3,(H,26,28). The van der Waals surface area contributed by atoms with Gasteiger partial charge in [0.25, 0.3) is 0 Å². The number of hydrogen-bond donors (Lipinski definition) is 1. The number of carbonyl (C=O) groups is 2. The van der Waals surface area contributed by atoms with E-state index in [2.05, 4.69) is 5.32 Å². The maximum atomic E-state index is 13.9. The molecule has 6 heteroatoms. The summed E-state index contributed by atoms with van der Waals surface area (Å²) in [7, 11) is 0. The molecule has 0 saturated carbocycles. The Labute approximate surface area is 169 Å². The van der Waals surface area contributed by atoms with Crippen LogP contribution in [0.3, 0.4) is 0 Å². The minimum Gasteiger partial charge on any atom is -0.348 e. The third-order valence-corrected chi connectivity index (χ3v) is 5.02. The Morgan fingerprint density at radius 2 is 1.93 bits per heavy atom. The molecule has 1 aliphatic heterocycles. The quantitative estimate of drug-likeness (QED) is 0.781. The first kappa shape index (κ1) is 20.7. The number of halogens is 2. The number of amides is 2.